The maximum absolute atomic E-state index is 12.8. The molecule has 1 aliphatic rings. The van der Waals surface area contributed by atoms with Gasteiger partial charge in [-0.05, 0) is 29.7 Å². The van der Waals surface area contributed by atoms with Crippen molar-refractivity contribution in [2.24, 2.45) is 5.73 Å². The molecule has 0 aromatic heterocycles. The van der Waals surface area contributed by atoms with Crippen LogP contribution in [0, 0.1) is 0 Å². The molecule has 102 valence electrons. The molecule has 0 radical (unpaired) electrons. The maximum Gasteiger partial charge on any atom is 0.255 e. The Morgan fingerprint density at radius 1 is 1.20 bits per heavy atom. The van der Waals surface area contributed by atoms with Gasteiger partial charge in [-0.15, -0.1) is 0 Å². The van der Waals surface area contributed by atoms with E-state index in [4.69, 9.17) is 18.0 Å². The van der Waals surface area contributed by atoms with Crippen LogP contribution in [0.25, 0.3) is 10.8 Å². The SMILES string of the molecule is NC(=S)C1CCCN1C(=O)c1cccc2ccccc12. The molecule has 2 aromatic carbocycles. The number of carbonyl (C=O) groups excluding carboxylic acids is 1. The quantitative estimate of drug-likeness (QED) is 0.863. The largest absolute Gasteiger partial charge is 0.392 e. The van der Waals surface area contributed by atoms with Gasteiger partial charge in [-0.25, -0.2) is 0 Å². The zero-order chi connectivity index (χ0) is 14.1. The fourth-order valence-electron chi connectivity index (χ4n) is 2.87. The van der Waals surface area contributed by atoms with E-state index in [9.17, 15) is 4.79 Å². The molecule has 0 spiro atoms. The summed E-state index contributed by atoms with van der Waals surface area (Å²) >= 11 is 5.08. The van der Waals surface area contributed by atoms with Crippen LogP contribution in [-0.4, -0.2) is 28.4 Å². The van der Waals surface area contributed by atoms with Crippen molar-refractivity contribution in [1.82, 2.24) is 4.90 Å². The van der Waals surface area contributed by atoms with Crippen LogP contribution < -0.4 is 5.73 Å². The molecule has 0 bridgehead atoms. The first-order valence-corrected chi connectivity index (χ1v) is 7.17. The van der Waals surface area contributed by atoms with E-state index >= 15 is 0 Å². The summed E-state index contributed by atoms with van der Waals surface area (Å²) in [7, 11) is 0. The van der Waals surface area contributed by atoms with Crippen LogP contribution in [0.5, 0.6) is 0 Å². The second-order valence-corrected chi connectivity index (χ2v) is 5.56. The van der Waals surface area contributed by atoms with E-state index in [2.05, 4.69) is 0 Å². The minimum absolute atomic E-state index is 0.0251. The number of thiocarbonyl (C=S) groups is 1. The molecule has 1 heterocycles. The van der Waals surface area contributed by atoms with Crippen molar-refractivity contribution in [3.05, 3.63) is 48.0 Å². The van der Waals surface area contributed by atoms with Gasteiger partial charge >= 0.3 is 0 Å². The molecule has 2 N–H and O–H groups in total. The third-order valence-corrected chi connectivity index (χ3v) is 4.13. The highest BCUT2D eigenvalue weighted by Gasteiger charge is 2.31. The van der Waals surface area contributed by atoms with E-state index in [1.165, 1.54) is 0 Å². The average molecular weight is 284 g/mol. The lowest BCUT2D eigenvalue weighted by atomic mass is 10.0. The zero-order valence-electron chi connectivity index (χ0n) is 11.1. The van der Waals surface area contributed by atoms with Gasteiger partial charge < -0.3 is 10.6 Å². The lowest BCUT2D eigenvalue weighted by Gasteiger charge is -2.24. The van der Waals surface area contributed by atoms with Crippen molar-refractivity contribution < 1.29 is 4.79 Å². The van der Waals surface area contributed by atoms with Crippen molar-refractivity contribution in [2.45, 2.75) is 18.9 Å². The van der Waals surface area contributed by atoms with Crippen molar-refractivity contribution >= 4 is 33.9 Å². The van der Waals surface area contributed by atoms with Gasteiger partial charge in [0, 0.05) is 12.1 Å². The fourth-order valence-corrected chi connectivity index (χ4v) is 3.12. The highest BCUT2D eigenvalue weighted by molar-refractivity contribution is 7.80. The molecule has 2 aromatic rings. The Morgan fingerprint density at radius 2 is 1.95 bits per heavy atom. The Labute approximate surface area is 123 Å². The van der Waals surface area contributed by atoms with Crippen LogP contribution >= 0.6 is 12.2 Å². The molecule has 1 atom stereocenters. The van der Waals surface area contributed by atoms with Gasteiger partial charge in [-0.3, -0.25) is 4.79 Å². The van der Waals surface area contributed by atoms with E-state index in [1.54, 1.807) is 0 Å². The molecule has 1 amide bonds. The number of hydrogen-bond donors (Lipinski definition) is 1. The third kappa shape index (κ3) is 2.16. The van der Waals surface area contributed by atoms with E-state index in [0.29, 0.717) is 4.99 Å². The zero-order valence-corrected chi connectivity index (χ0v) is 11.9. The predicted octanol–water partition coefficient (Wildman–Crippen LogP) is 2.73. The van der Waals surface area contributed by atoms with Crippen LogP contribution in [0.1, 0.15) is 23.2 Å². The van der Waals surface area contributed by atoms with Gasteiger partial charge in [0.2, 0.25) is 0 Å². The van der Waals surface area contributed by atoms with Crippen LogP contribution in [0.2, 0.25) is 0 Å². The highest BCUT2D eigenvalue weighted by atomic mass is 32.1. The van der Waals surface area contributed by atoms with Crippen molar-refractivity contribution in [3.63, 3.8) is 0 Å². The molecular formula is C16H16N2OS. The Kier molecular flexibility index (Phi) is 3.40. The molecule has 0 aliphatic carbocycles. The molecule has 4 heteroatoms. The fraction of sp³-hybridized carbons (Fsp3) is 0.250. The molecule has 3 rings (SSSR count). The van der Waals surface area contributed by atoms with Crippen LogP contribution in [-0.2, 0) is 0 Å². The number of benzene rings is 2. The van der Waals surface area contributed by atoms with Gasteiger partial charge in [0.25, 0.3) is 5.91 Å². The number of nitrogens with two attached hydrogens (primary N) is 1. The molecule has 1 fully saturated rings. The summed E-state index contributed by atoms with van der Waals surface area (Å²) in [4.78, 5) is 15.0. The minimum atomic E-state index is -0.100. The van der Waals surface area contributed by atoms with Gasteiger partial charge in [0.15, 0.2) is 0 Å². The first-order chi connectivity index (χ1) is 9.68. The Balaban J connectivity index is 2.03. The summed E-state index contributed by atoms with van der Waals surface area (Å²) in [5.74, 6) is 0.0251. The predicted molar refractivity (Wildman–Crippen MR) is 84.8 cm³/mol. The summed E-state index contributed by atoms with van der Waals surface area (Å²) in [6.45, 7) is 0.726. The molecule has 1 aliphatic heterocycles. The van der Waals surface area contributed by atoms with Crippen LogP contribution in [0.4, 0.5) is 0 Å². The first-order valence-electron chi connectivity index (χ1n) is 6.76. The summed E-state index contributed by atoms with van der Waals surface area (Å²) in [5, 5.41) is 2.05. The first kappa shape index (κ1) is 13.1. The Bertz CT molecular complexity index is 678. The molecule has 1 unspecified atom stereocenters. The Hall–Kier alpha value is -1.94. The second-order valence-electron chi connectivity index (χ2n) is 5.09. The molecular weight excluding hydrogens is 268 g/mol. The van der Waals surface area contributed by atoms with E-state index in [0.717, 1.165) is 35.7 Å². The second kappa shape index (κ2) is 5.21. The number of rotatable bonds is 2. The van der Waals surface area contributed by atoms with E-state index in [1.807, 2.05) is 47.4 Å². The number of carbonyl (C=O) groups is 1. The highest BCUT2D eigenvalue weighted by Crippen LogP contribution is 2.24. The number of amides is 1. The van der Waals surface area contributed by atoms with Gasteiger partial charge in [0.05, 0.1) is 11.0 Å². The monoisotopic (exact) mass is 284 g/mol. The summed E-state index contributed by atoms with van der Waals surface area (Å²) in [6.07, 6.45) is 1.82. The normalized spacial score (nSPS) is 18.4. The minimum Gasteiger partial charge on any atom is -0.392 e. The summed E-state index contributed by atoms with van der Waals surface area (Å²) < 4.78 is 0. The van der Waals surface area contributed by atoms with Crippen molar-refractivity contribution in [3.8, 4) is 0 Å². The number of hydrogen-bond acceptors (Lipinski definition) is 2. The third-order valence-electron chi connectivity index (χ3n) is 3.86. The van der Waals surface area contributed by atoms with E-state index in [-0.39, 0.29) is 11.9 Å². The lowest BCUT2D eigenvalue weighted by Crippen LogP contribution is -2.42. The number of fused-ring (bicyclic) bond motifs is 1. The number of nitrogens with zero attached hydrogens (tertiary/aromatic N) is 1. The molecule has 1 saturated heterocycles. The van der Waals surface area contributed by atoms with Crippen LogP contribution in [0.3, 0.4) is 0 Å². The summed E-state index contributed by atoms with van der Waals surface area (Å²) in [6, 6.07) is 13.6. The van der Waals surface area contributed by atoms with Gasteiger partial charge in [0.1, 0.15) is 0 Å². The lowest BCUT2D eigenvalue weighted by molar-refractivity contribution is 0.0772. The molecule has 20 heavy (non-hydrogen) atoms. The van der Waals surface area contributed by atoms with Gasteiger partial charge in [-0.1, -0.05) is 48.6 Å². The smallest absolute Gasteiger partial charge is 0.255 e. The molecule has 0 saturated carbocycles. The topological polar surface area (TPSA) is 46.3 Å². The van der Waals surface area contributed by atoms with E-state index < -0.39 is 0 Å². The molecule has 3 nitrogen and oxygen atoms in total. The Morgan fingerprint density at radius 3 is 2.75 bits per heavy atom. The van der Waals surface area contributed by atoms with Crippen molar-refractivity contribution in [2.75, 3.05) is 6.54 Å². The standard InChI is InChI=1S/C16H16N2OS/c17-15(20)14-9-4-10-18(14)16(19)13-8-3-6-11-5-1-2-7-12(11)13/h1-3,5-8,14H,4,9-10H2,(H2,17,20). The number of likely N-dealkylation sites (tertiary alicyclic amines) is 1. The van der Waals surface area contributed by atoms with Crippen LogP contribution in [0.15, 0.2) is 42.5 Å². The average Bonchev–Trinajstić information content (AvgIpc) is 2.95. The maximum atomic E-state index is 12.8. The van der Waals surface area contributed by atoms with Gasteiger partial charge in [-0.2, -0.15) is 0 Å². The van der Waals surface area contributed by atoms with Crippen molar-refractivity contribution in [1.29, 1.82) is 0 Å². The summed E-state index contributed by atoms with van der Waals surface area (Å²) in [5.41, 5.74) is 6.48.